The topological polar surface area (TPSA) is 3.24 Å². The highest BCUT2D eigenvalue weighted by molar-refractivity contribution is 6.01. The molecule has 0 saturated carbocycles. The van der Waals surface area contributed by atoms with Gasteiger partial charge >= 0.3 is 0 Å². The maximum atomic E-state index is 2.63. The van der Waals surface area contributed by atoms with Crippen molar-refractivity contribution in [1.29, 1.82) is 0 Å². The van der Waals surface area contributed by atoms with E-state index in [9.17, 15) is 0 Å². The molecule has 0 radical (unpaired) electrons. The minimum atomic E-state index is 0.197. The van der Waals surface area contributed by atoms with Crippen LogP contribution in [0.5, 0.6) is 0 Å². The van der Waals surface area contributed by atoms with Crippen molar-refractivity contribution >= 4 is 23.5 Å². The van der Waals surface area contributed by atoms with Crippen LogP contribution in [0.3, 0.4) is 0 Å². The van der Waals surface area contributed by atoms with E-state index in [2.05, 4.69) is 102 Å². The zero-order valence-corrected chi connectivity index (χ0v) is 17.7. The first kappa shape index (κ1) is 16.8. The molecule has 0 unspecified atom stereocenters. The van der Waals surface area contributed by atoms with Gasteiger partial charge < -0.3 is 4.90 Å². The summed E-state index contributed by atoms with van der Waals surface area (Å²) >= 11 is 0. The summed E-state index contributed by atoms with van der Waals surface area (Å²) in [6.07, 6.45) is 11.2. The Morgan fingerprint density at radius 3 is 1.59 bits per heavy atom. The van der Waals surface area contributed by atoms with E-state index in [1.54, 1.807) is 0 Å². The van der Waals surface area contributed by atoms with Gasteiger partial charge in [-0.25, -0.2) is 0 Å². The number of allylic oxidation sites excluding steroid dienone is 2. The molecular weight excluding hydrogens is 386 g/mol. The van der Waals surface area contributed by atoms with Gasteiger partial charge in [-0.05, 0) is 69.5 Å². The van der Waals surface area contributed by atoms with Crippen molar-refractivity contribution in [2.45, 2.75) is 18.9 Å². The van der Waals surface area contributed by atoms with Crippen LogP contribution in [0.25, 0.3) is 34.4 Å². The maximum Gasteiger partial charge on any atom is 0.0857 e. The summed E-state index contributed by atoms with van der Waals surface area (Å²) in [4.78, 5) is 2.63. The van der Waals surface area contributed by atoms with Gasteiger partial charge in [0.2, 0.25) is 0 Å². The van der Waals surface area contributed by atoms with Crippen molar-refractivity contribution < 1.29 is 0 Å². The van der Waals surface area contributed by atoms with Crippen molar-refractivity contribution in [1.82, 2.24) is 0 Å². The fraction of sp³-hybridized carbons (Fsp3) is 0.0968. The van der Waals surface area contributed by atoms with Crippen LogP contribution in [-0.2, 0) is 12.8 Å². The quantitative estimate of drug-likeness (QED) is 0.288. The largest absolute Gasteiger partial charge is 0.329 e. The molecular formula is C31H21N. The Bertz CT molecular complexity index is 1420. The Morgan fingerprint density at radius 2 is 1.06 bits per heavy atom. The summed E-state index contributed by atoms with van der Waals surface area (Å²) in [5, 5.41) is 0. The van der Waals surface area contributed by atoms with Crippen LogP contribution in [0.2, 0.25) is 0 Å². The second kappa shape index (κ2) is 5.89. The molecule has 32 heavy (non-hydrogen) atoms. The van der Waals surface area contributed by atoms with Crippen molar-refractivity contribution in [2.24, 2.45) is 0 Å². The lowest BCUT2D eigenvalue weighted by Gasteiger charge is -2.46. The molecule has 0 aromatic heterocycles. The summed E-state index contributed by atoms with van der Waals surface area (Å²) < 4.78 is 0. The molecule has 1 nitrogen and oxygen atoms in total. The normalized spacial score (nSPS) is 16.1. The minimum Gasteiger partial charge on any atom is -0.329 e. The monoisotopic (exact) mass is 407 g/mol. The van der Waals surface area contributed by atoms with E-state index < -0.39 is 0 Å². The molecule has 4 aliphatic rings. The molecule has 0 spiro atoms. The van der Waals surface area contributed by atoms with Gasteiger partial charge in [0.25, 0.3) is 0 Å². The highest BCUT2D eigenvalue weighted by atomic mass is 15.2. The third kappa shape index (κ3) is 1.95. The fourth-order valence-electron chi connectivity index (χ4n) is 6.45. The maximum absolute atomic E-state index is 2.63. The van der Waals surface area contributed by atoms with Gasteiger partial charge in [0, 0.05) is 11.1 Å². The molecule has 150 valence electrons. The fourth-order valence-corrected chi connectivity index (χ4v) is 6.45. The summed E-state index contributed by atoms with van der Waals surface area (Å²) in [5.41, 5.74) is 16.8. The van der Waals surface area contributed by atoms with Crippen LogP contribution in [-0.4, -0.2) is 0 Å². The first-order chi connectivity index (χ1) is 15.9. The van der Waals surface area contributed by atoms with E-state index >= 15 is 0 Å². The van der Waals surface area contributed by atoms with Crippen LogP contribution in [0, 0.1) is 0 Å². The Morgan fingerprint density at radius 1 is 0.562 bits per heavy atom. The van der Waals surface area contributed by atoms with Gasteiger partial charge in [0.15, 0.2) is 0 Å². The van der Waals surface area contributed by atoms with Gasteiger partial charge in [0.1, 0.15) is 0 Å². The molecule has 2 aliphatic heterocycles. The molecule has 0 amide bonds. The Kier molecular flexibility index (Phi) is 3.09. The summed E-state index contributed by atoms with van der Waals surface area (Å²) in [7, 11) is 0. The highest BCUT2D eigenvalue weighted by Gasteiger charge is 2.40. The zero-order chi connectivity index (χ0) is 20.8. The lowest BCUT2D eigenvalue weighted by Crippen LogP contribution is -2.33. The first-order valence-corrected chi connectivity index (χ1v) is 11.5. The standard InChI is InChI=1S/C31H21N/c1-3-11-25-23(9-1)29-21-13-5-7-19(21)15-17-27(29)32-28-18-16-20-8-6-14-22(20)30(28)24-10-2-4-12-26(24)31(25)32/h1-12,15-18,31H,13-14H2. The third-order valence-corrected chi connectivity index (χ3v) is 7.72. The summed E-state index contributed by atoms with van der Waals surface area (Å²) in [5.74, 6) is 0. The van der Waals surface area contributed by atoms with E-state index in [0.717, 1.165) is 12.8 Å². The van der Waals surface area contributed by atoms with Crippen LogP contribution < -0.4 is 4.90 Å². The predicted molar refractivity (Wildman–Crippen MR) is 133 cm³/mol. The van der Waals surface area contributed by atoms with E-state index in [-0.39, 0.29) is 6.04 Å². The smallest absolute Gasteiger partial charge is 0.0857 e. The predicted octanol–water partition coefficient (Wildman–Crippen LogP) is 7.71. The SMILES string of the molecule is C1=Cc2ccc3c(c2C1)-c1ccccc1C1c2ccccc2-c2c(ccc4c2CC=C4)N31. The second-order valence-electron chi connectivity index (χ2n) is 9.21. The second-order valence-corrected chi connectivity index (χ2v) is 9.21. The number of anilines is 2. The minimum absolute atomic E-state index is 0.197. The van der Waals surface area contributed by atoms with Crippen molar-refractivity contribution in [3.05, 3.63) is 118 Å². The van der Waals surface area contributed by atoms with Crippen LogP contribution in [0.15, 0.2) is 84.9 Å². The molecule has 0 N–H and O–H groups in total. The van der Waals surface area contributed by atoms with Crippen LogP contribution in [0.4, 0.5) is 11.4 Å². The molecule has 0 saturated heterocycles. The number of nitrogens with zero attached hydrogens (tertiary/aromatic N) is 1. The Balaban J connectivity index is 1.52. The molecule has 0 fully saturated rings. The lowest BCUT2D eigenvalue weighted by atomic mass is 9.76. The van der Waals surface area contributed by atoms with Gasteiger partial charge in [-0.2, -0.15) is 0 Å². The number of benzene rings is 4. The number of fused-ring (bicyclic) bond motifs is 15. The summed E-state index contributed by atoms with van der Waals surface area (Å²) in [6.45, 7) is 0. The molecule has 8 rings (SSSR count). The molecule has 4 aromatic carbocycles. The molecule has 0 atom stereocenters. The Hall–Kier alpha value is -3.84. The average molecular weight is 408 g/mol. The lowest BCUT2D eigenvalue weighted by molar-refractivity contribution is 0.800. The third-order valence-electron chi connectivity index (χ3n) is 7.72. The van der Waals surface area contributed by atoms with Gasteiger partial charge in [-0.15, -0.1) is 0 Å². The van der Waals surface area contributed by atoms with E-state index in [1.807, 2.05) is 0 Å². The van der Waals surface area contributed by atoms with Crippen molar-refractivity contribution in [3.63, 3.8) is 0 Å². The average Bonchev–Trinajstić information content (AvgIpc) is 3.52. The van der Waals surface area contributed by atoms with E-state index in [4.69, 9.17) is 0 Å². The number of rotatable bonds is 0. The van der Waals surface area contributed by atoms with E-state index in [1.165, 1.54) is 67.0 Å². The summed E-state index contributed by atoms with van der Waals surface area (Å²) in [6, 6.07) is 27.7. The zero-order valence-electron chi connectivity index (χ0n) is 17.7. The Labute approximate surface area is 188 Å². The molecule has 2 aliphatic carbocycles. The highest BCUT2D eigenvalue weighted by Crippen LogP contribution is 2.59. The molecule has 4 aromatic rings. The van der Waals surface area contributed by atoms with Crippen molar-refractivity contribution in [2.75, 3.05) is 4.90 Å². The number of hydrogen-bond acceptors (Lipinski definition) is 1. The molecule has 0 bridgehead atoms. The van der Waals surface area contributed by atoms with Crippen LogP contribution >= 0.6 is 0 Å². The van der Waals surface area contributed by atoms with Gasteiger partial charge in [-0.3, -0.25) is 0 Å². The van der Waals surface area contributed by atoms with Gasteiger partial charge in [-0.1, -0.05) is 85.0 Å². The van der Waals surface area contributed by atoms with E-state index in [0.29, 0.717) is 0 Å². The van der Waals surface area contributed by atoms with Crippen LogP contribution in [0.1, 0.15) is 39.4 Å². The van der Waals surface area contributed by atoms with Gasteiger partial charge in [0.05, 0.1) is 17.4 Å². The molecule has 2 heterocycles. The number of hydrogen-bond donors (Lipinski definition) is 0. The van der Waals surface area contributed by atoms with Crippen molar-refractivity contribution in [3.8, 4) is 22.3 Å². The first-order valence-electron chi connectivity index (χ1n) is 11.5. The molecule has 1 heteroatoms.